The van der Waals surface area contributed by atoms with E-state index in [4.69, 9.17) is 0 Å². The maximum atomic E-state index is 13.0. The lowest BCUT2D eigenvalue weighted by atomic mass is 10.1. The standard InChI is InChI=1S/C23H22N2O3S/c1-24(17-18-8-4-2-5-9-18)23(26)20-12-13-22-19(16-20)14-15-25(22)29(27,28)21-10-6-3-7-11-21/h2-13,16H,14-15,17H2,1H3. The van der Waals surface area contributed by atoms with Crippen LogP contribution in [-0.2, 0) is 23.0 Å². The molecule has 29 heavy (non-hydrogen) atoms. The molecule has 3 aromatic rings. The van der Waals surface area contributed by atoms with Crippen LogP contribution in [0.1, 0.15) is 21.5 Å². The molecule has 1 aliphatic rings. The Labute approximate surface area is 171 Å². The Morgan fingerprint density at radius 3 is 2.31 bits per heavy atom. The molecular formula is C23H22N2O3S. The van der Waals surface area contributed by atoms with E-state index >= 15 is 0 Å². The summed E-state index contributed by atoms with van der Waals surface area (Å²) in [6.07, 6.45) is 0.588. The fourth-order valence-electron chi connectivity index (χ4n) is 3.62. The summed E-state index contributed by atoms with van der Waals surface area (Å²) in [4.78, 5) is 14.8. The van der Waals surface area contributed by atoms with E-state index in [1.807, 2.05) is 36.4 Å². The molecule has 6 heteroatoms. The number of nitrogens with zero attached hydrogens (tertiary/aromatic N) is 2. The Bertz CT molecular complexity index is 1130. The number of amides is 1. The molecule has 0 fully saturated rings. The highest BCUT2D eigenvalue weighted by molar-refractivity contribution is 7.92. The summed E-state index contributed by atoms with van der Waals surface area (Å²) >= 11 is 0. The molecule has 0 radical (unpaired) electrons. The number of benzene rings is 3. The summed E-state index contributed by atoms with van der Waals surface area (Å²) in [6.45, 7) is 0.898. The minimum Gasteiger partial charge on any atom is -0.337 e. The van der Waals surface area contributed by atoms with Crippen molar-refractivity contribution < 1.29 is 13.2 Å². The normalized spacial score (nSPS) is 13.2. The van der Waals surface area contributed by atoms with Gasteiger partial charge in [0.15, 0.2) is 0 Å². The lowest BCUT2D eigenvalue weighted by molar-refractivity contribution is 0.0785. The number of fused-ring (bicyclic) bond motifs is 1. The van der Waals surface area contributed by atoms with Gasteiger partial charge in [0.2, 0.25) is 0 Å². The number of anilines is 1. The van der Waals surface area contributed by atoms with Crippen LogP contribution in [0.15, 0.2) is 83.8 Å². The Kier molecular flexibility index (Phi) is 5.11. The fraction of sp³-hybridized carbons (Fsp3) is 0.174. The minimum atomic E-state index is -3.60. The summed E-state index contributed by atoms with van der Waals surface area (Å²) in [5.74, 6) is -0.0824. The average Bonchev–Trinajstić information content (AvgIpc) is 3.18. The summed E-state index contributed by atoms with van der Waals surface area (Å²) in [7, 11) is -1.83. The molecule has 1 heterocycles. The molecule has 148 valence electrons. The highest BCUT2D eigenvalue weighted by atomic mass is 32.2. The summed E-state index contributed by atoms with van der Waals surface area (Å²) in [6, 6.07) is 23.5. The highest BCUT2D eigenvalue weighted by Crippen LogP contribution is 2.33. The van der Waals surface area contributed by atoms with E-state index < -0.39 is 10.0 Å². The largest absolute Gasteiger partial charge is 0.337 e. The molecule has 5 nitrogen and oxygen atoms in total. The van der Waals surface area contributed by atoms with Gasteiger partial charge in [-0.1, -0.05) is 48.5 Å². The van der Waals surface area contributed by atoms with Gasteiger partial charge in [0.25, 0.3) is 15.9 Å². The first-order valence-corrected chi connectivity index (χ1v) is 10.9. The molecule has 0 spiro atoms. The van der Waals surface area contributed by atoms with E-state index in [2.05, 4.69) is 0 Å². The van der Waals surface area contributed by atoms with Crippen molar-refractivity contribution in [2.24, 2.45) is 0 Å². The van der Waals surface area contributed by atoms with Crippen LogP contribution in [-0.4, -0.2) is 32.8 Å². The molecule has 3 aromatic carbocycles. The van der Waals surface area contributed by atoms with Gasteiger partial charge in [0.1, 0.15) is 0 Å². The summed E-state index contributed by atoms with van der Waals surface area (Å²) < 4.78 is 27.4. The average molecular weight is 407 g/mol. The predicted octanol–water partition coefficient (Wildman–Crippen LogP) is 3.71. The molecule has 0 aromatic heterocycles. The minimum absolute atomic E-state index is 0.0824. The van der Waals surface area contributed by atoms with Crippen molar-refractivity contribution in [1.82, 2.24) is 4.90 Å². The van der Waals surface area contributed by atoms with Crippen LogP contribution in [0, 0.1) is 0 Å². The second-order valence-electron chi connectivity index (χ2n) is 7.13. The third-order valence-corrected chi connectivity index (χ3v) is 6.95. The summed E-state index contributed by atoms with van der Waals surface area (Å²) in [5.41, 5.74) is 3.16. The quantitative estimate of drug-likeness (QED) is 0.649. The van der Waals surface area contributed by atoms with Crippen LogP contribution in [0.25, 0.3) is 0 Å². The van der Waals surface area contributed by atoms with E-state index in [9.17, 15) is 13.2 Å². The molecule has 1 aliphatic heterocycles. The van der Waals surface area contributed by atoms with Crippen LogP contribution in [0.4, 0.5) is 5.69 Å². The Hall–Kier alpha value is -3.12. The van der Waals surface area contributed by atoms with Crippen LogP contribution < -0.4 is 4.31 Å². The maximum absolute atomic E-state index is 13.0. The molecule has 0 saturated heterocycles. The number of hydrogen-bond donors (Lipinski definition) is 0. The van der Waals surface area contributed by atoms with Gasteiger partial charge >= 0.3 is 0 Å². The van der Waals surface area contributed by atoms with Crippen LogP contribution >= 0.6 is 0 Å². The van der Waals surface area contributed by atoms with Crippen molar-refractivity contribution in [3.05, 3.63) is 95.6 Å². The van der Waals surface area contributed by atoms with Gasteiger partial charge in [0.05, 0.1) is 10.6 Å². The lowest BCUT2D eigenvalue weighted by Gasteiger charge is -2.20. The first-order chi connectivity index (χ1) is 14.0. The zero-order valence-corrected chi connectivity index (χ0v) is 17.0. The van der Waals surface area contributed by atoms with Gasteiger partial charge in [-0.05, 0) is 47.9 Å². The molecular weight excluding hydrogens is 384 g/mol. The van der Waals surface area contributed by atoms with Gasteiger partial charge in [-0.25, -0.2) is 8.42 Å². The molecule has 0 saturated carbocycles. The van der Waals surface area contributed by atoms with Crippen LogP contribution in [0.2, 0.25) is 0 Å². The molecule has 0 N–H and O–H groups in total. The van der Waals surface area contributed by atoms with Gasteiger partial charge in [-0.15, -0.1) is 0 Å². The second kappa shape index (κ2) is 7.72. The van der Waals surface area contributed by atoms with Gasteiger partial charge < -0.3 is 4.90 Å². The van der Waals surface area contributed by atoms with E-state index in [1.54, 1.807) is 54.4 Å². The van der Waals surface area contributed by atoms with Gasteiger partial charge in [0, 0.05) is 25.7 Å². The number of rotatable bonds is 5. The molecule has 0 aliphatic carbocycles. The second-order valence-corrected chi connectivity index (χ2v) is 8.99. The van der Waals surface area contributed by atoms with Crippen LogP contribution in [0.5, 0.6) is 0 Å². The lowest BCUT2D eigenvalue weighted by Crippen LogP contribution is -2.29. The van der Waals surface area contributed by atoms with Gasteiger partial charge in [-0.3, -0.25) is 9.10 Å². The van der Waals surface area contributed by atoms with Crippen molar-refractivity contribution in [2.75, 3.05) is 17.9 Å². The highest BCUT2D eigenvalue weighted by Gasteiger charge is 2.31. The Morgan fingerprint density at radius 1 is 0.966 bits per heavy atom. The van der Waals surface area contributed by atoms with E-state index in [-0.39, 0.29) is 10.8 Å². The van der Waals surface area contributed by atoms with E-state index in [0.717, 1.165) is 11.1 Å². The summed E-state index contributed by atoms with van der Waals surface area (Å²) in [5, 5.41) is 0. The fourth-order valence-corrected chi connectivity index (χ4v) is 5.15. The number of sulfonamides is 1. The SMILES string of the molecule is CN(Cc1ccccc1)C(=O)c1ccc2c(c1)CCN2S(=O)(=O)c1ccccc1. The first kappa shape index (κ1) is 19.2. The van der Waals surface area contributed by atoms with Crippen molar-refractivity contribution in [1.29, 1.82) is 0 Å². The number of carbonyl (C=O) groups is 1. The van der Waals surface area contributed by atoms with Crippen molar-refractivity contribution in [3.63, 3.8) is 0 Å². The smallest absolute Gasteiger partial charge is 0.264 e. The van der Waals surface area contributed by atoms with Crippen molar-refractivity contribution >= 4 is 21.6 Å². The molecule has 0 unspecified atom stereocenters. The monoisotopic (exact) mass is 406 g/mol. The zero-order chi connectivity index (χ0) is 20.4. The number of hydrogen-bond acceptors (Lipinski definition) is 3. The number of carbonyl (C=O) groups excluding carboxylic acids is 1. The predicted molar refractivity (Wildman–Crippen MR) is 113 cm³/mol. The third kappa shape index (κ3) is 3.76. The Balaban J connectivity index is 1.56. The van der Waals surface area contributed by atoms with E-state index in [1.165, 1.54) is 4.31 Å². The van der Waals surface area contributed by atoms with Gasteiger partial charge in [-0.2, -0.15) is 0 Å². The van der Waals surface area contributed by atoms with E-state index in [0.29, 0.717) is 30.8 Å². The Morgan fingerprint density at radius 2 is 1.62 bits per heavy atom. The van der Waals surface area contributed by atoms with Crippen molar-refractivity contribution in [3.8, 4) is 0 Å². The van der Waals surface area contributed by atoms with Crippen molar-refractivity contribution in [2.45, 2.75) is 17.9 Å². The first-order valence-electron chi connectivity index (χ1n) is 9.47. The zero-order valence-electron chi connectivity index (χ0n) is 16.2. The molecule has 0 atom stereocenters. The molecule has 1 amide bonds. The van der Waals surface area contributed by atoms with Crippen LogP contribution in [0.3, 0.4) is 0 Å². The molecule has 4 rings (SSSR count). The maximum Gasteiger partial charge on any atom is 0.264 e. The third-order valence-electron chi connectivity index (χ3n) is 5.12. The molecule has 0 bridgehead atoms. The topological polar surface area (TPSA) is 57.7 Å².